The smallest absolute Gasteiger partial charge is 0.177 e. The van der Waals surface area contributed by atoms with Crippen molar-refractivity contribution in [1.29, 1.82) is 0 Å². The lowest BCUT2D eigenvalue weighted by atomic mass is 10.1. The van der Waals surface area contributed by atoms with E-state index in [9.17, 15) is 0 Å². The van der Waals surface area contributed by atoms with Gasteiger partial charge in [0.25, 0.3) is 0 Å². The Kier molecular flexibility index (Phi) is 19.1. The Morgan fingerprint density at radius 1 is 0.494 bits per heavy atom. The van der Waals surface area contributed by atoms with Crippen molar-refractivity contribution in [2.75, 3.05) is 6.61 Å². The maximum absolute atomic E-state index is 5.33. The molecule has 0 bridgehead atoms. The van der Waals surface area contributed by atoms with Crippen molar-refractivity contribution in [1.82, 2.24) is 59.1 Å². The van der Waals surface area contributed by atoms with Gasteiger partial charge in [0, 0.05) is 82.5 Å². The molecule has 0 aliphatic carbocycles. The standard InChI is InChI=1S/C22H22N4O2.C22H22N4O.C19H17BrN4O.C4H8.CH4/c1-13-21(14(2)28-25-13)18-9-20-22(23-10-18)24-15(3)26(20)11-17-6-4-16(5-7-17)8-19-12-27-19;1-5-6-17-7-9-18(10-8-17)13-26-16(4)24-22-20(26)11-19(12-23-22)21-14(2)25-27-15(21)3;1-11-18(12(2)25-23-11)15-8-17-19(21-9-15)22-13(3)24(17)10-14-4-6-16(20)7-5-14;1-3-4-2;/h4-7,9-10,19H,8,11-12H2,1-3H3;5,7-12H,1,6,13H2,2-4H3;4-9H,10H2,1-3H3;3H,1,4H2,2H3;1H4. The predicted octanol–water partition coefficient (Wildman–Crippen LogP) is 15.8. The Hall–Kier alpha value is -8.93. The van der Waals surface area contributed by atoms with Crippen molar-refractivity contribution in [3.63, 3.8) is 0 Å². The molecule has 13 rings (SSSR count). The van der Waals surface area contributed by atoms with Crippen LogP contribution < -0.4 is 0 Å². The van der Waals surface area contributed by atoms with E-state index in [2.05, 4.69) is 186 Å². The number of benzene rings is 3. The molecule has 12 aromatic rings. The molecule has 1 aliphatic heterocycles. The number of hydrogen-bond acceptors (Lipinski definition) is 13. The van der Waals surface area contributed by atoms with Crippen molar-refractivity contribution in [2.45, 2.75) is 122 Å². The molecule has 0 saturated carbocycles. The van der Waals surface area contributed by atoms with Crippen LogP contribution >= 0.6 is 15.9 Å². The largest absolute Gasteiger partial charge is 0.373 e. The lowest BCUT2D eigenvalue weighted by Crippen LogP contribution is -2.03. The molecule has 85 heavy (non-hydrogen) atoms. The number of aryl methyl sites for hydroxylation is 9. The third kappa shape index (κ3) is 13.9. The second kappa shape index (κ2) is 26.8. The number of allylic oxidation sites excluding steroid dienone is 2. The van der Waals surface area contributed by atoms with E-state index in [1.165, 1.54) is 27.8 Å². The van der Waals surface area contributed by atoms with Gasteiger partial charge in [-0.3, -0.25) is 0 Å². The van der Waals surface area contributed by atoms with E-state index in [0.29, 0.717) is 6.10 Å². The predicted molar refractivity (Wildman–Crippen MR) is 341 cm³/mol. The van der Waals surface area contributed by atoms with Gasteiger partial charge in [0.1, 0.15) is 34.8 Å². The molecule has 1 unspecified atom stereocenters. The lowest BCUT2D eigenvalue weighted by Gasteiger charge is -2.09. The summed E-state index contributed by atoms with van der Waals surface area (Å²) in [4.78, 5) is 27.6. The Morgan fingerprint density at radius 2 is 0.812 bits per heavy atom. The summed E-state index contributed by atoms with van der Waals surface area (Å²) in [7, 11) is 0. The molecule has 0 N–H and O–H groups in total. The number of imidazole rings is 3. The van der Waals surface area contributed by atoms with Crippen LogP contribution in [0.5, 0.6) is 0 Å². The molecule has 10 heterocycles. The minimum absolute atomic E-state index is 0. The van der Waals surface area contributed by atoms with Gasteiger partial charge in [0.2, 0.25) is 0 Å². The summed E-state index contributed by atoms with van der Waals surface area (Å²) in [6.45, 7) is 30.2. The van der Waals surface area contributed by atoms with Gasteiger partial charge in [-0.2, -0.15) is 0 Å². The zero-order valence-electron chi connectivity index (χ0n) is 49.4. The Labute approximate surface area is 504 Å². The topological polar surface area (TPSA) is 183 Å². The number of epoxide rings is 1. The van der Waals surface area contributed by atoms with Crippen LogP contribution in [0.15, 0.2) is 153 Å². The molecule has 1 saturated heterocycles. The second-order valence-electron chi connectivity index (χ2n) is 21.1. The van der Waals surface area contributed by atoms with E-state index < -0.39 is 0 Å². The van der Waals surface area contributed by atoms with Crippen LogP contribution in [0.3, 0.4) is 0 Å². The van der Waals surface area contributed by atoms with Crippen LogP contribution in [0.1, 0.15) is 100 Å². The maximum Gasteiger partial charge on any atom is 0.177 e. The van der Waals surface area contributed by atoms with Crippen LogP contribution in [0, 0.1) is 62.3 Å². The van der Waals surface area contributed by atoms with Crippen molar-refractivity contribution >= 4 is 49.4 Å². The minimum Gasteiger partial charge on any atom is -0.373 e. The summed E-state index contributed by atoms with van der Waals surface area (Å²) in [6, 6.07) is 32.1. The highest BCUT2D eigenvalue weighted by Crippen LogP contribution is 2.33. The molecule has 1 aliphatic rings. The van der Waals surface area contributed by atoms with Gasteiger partial charge >= 0.3 is 0 Å². The van der Waals surface area contributed by atoms with Crippen LogP contribution in [0.4, 0.5) is 0 Å². The first-order valence-corrected chi connectivity index (χ1v) is 28.9. The second-order valence-corrected chi connectivity index (χ2v) is 22.1. The lowest BCUT2D eigenvalue weighted by molar-refractivity contribution is 0.393. The normalized spacial score (nSPS) is 12.5. The Balaban J connectivity index is 0.000000147. The summed E-state index contributed by atoms with van der Waals surface area (Å²) in [5, 5.41) is 12.2. The van der Waals surface area contributed by atoms with Gasteiger partial charge in [-0.25, -0.2) is 29.9 Å². The third-order valence-electron chi connectivity index (χ3n) is 14.9. The SMILES string of the molecule is C.C=CCC.C=CCc1ccc(Cn2c(C)nc3ncc(-c4c(C)noc4C)cc32)cc1.Cc1noc(C)c1-c1cnc2nc(C)n(Cc3ccc(Br)cc3)c2c1.Cc1noc(C)c1-c1cnc2nc(C)n(Cc3ccc(CC4CO4)cc3)c2c1. The molecule has 0 spiro atoms. The fraction of sp³-hybridized carbons (Fsp3) is 0.279. The van der Waals surface area contributed by atoms with E-state index in [0.717, 1.165) is 169 Å². The van der Waals surface area contributed by atoms with Crippen LogP contribution in [-0.4, -0.2) is 71.8 Å². The van der Waals surface area contributed by atoms with Crippen molar-refractivity contribution in [3.8, 4) is 33.4 Å². The van der Waals surface area contributed by atoms with E-state index in [-0.39, 0.29) is 7.43 Å². The molecule has 0 amide bonds. The van der Waals surface area contributed by atoms with E-state index in [1.807, 2.05) is 93.1 Å². The van der Waals surface area contributed by atoms with Crippen molar-refractivity contribution in [2.24, 2.45) is 0 Å². The first-order chi connectivity index (χ1) is 40.6. The number of rotatable bonds is 14. The quantitative estimate of drug-likeness (QED) is 0.0741. The molecule has 17 heteroatoms. The summed E-state index contributed by atoms with van der Waals surface area (Å²) in [5.41, 5.74) is 20.2. The van der Waals surface area contributed by atoms with Crippen LogP contribution in [-0.2, 0) is 37.2 Å². The number of hydrogen-bond donors (Lipinski definition) is 0. The zero-order chi connectivity index (χ0) is 59.2. The van der Waals surface area contributed by atoms with Crippen LogP contribution in [0.2, 0.25) is 0 Å². The molecule has 436 valence electrons. The Morgan fingerprint density at radius 3 is 1.11 bits per heavy atom. The molecule has 1 atom stereocenters. The third-order valence-corrected chi connectivity index (χ3v) is 15.4. The highest BCUT2D eigenvalue weighted by molar-refractivity contribution is 9.10. The van der Waals surface area contributed by atoms with Gasteiger partial charge in [0.05, 0.1) is 46.3 Å². The number of nitrogens with zero attached hydrogens (tertiary/aromatic N) is 12. The average molecular weight is 1200 g/mol. The van der Waals surface area contributed by atoms with Crippen molar-refractivity contribution in [3.05, 3.63) is 219 Å². The molecule has 1 fully saturated rings. The van der Waals surface area contributed by atoms with Gasteiger partial charge < -0.3 is 32.0 Å². The molecular formula is C68H73BrN12O4. The summed E-state index contributed by atoms with van der Waals surface area (Å²) in [6.07, 6.45) is 12.7. The first kappa shape index (κ1) is 60.7. The van der Waals surface area contributed by atoms with Gasteiger partial charge in [-0.15, -0.1) is 13.2 Å². The summed E-state index contributed by atoms with van der Waals surface area (Å²) < 4.78 is 28.9. The maximum atomic E-state index is 5.33. The van der Waals surface area contributed by atoms with Crippen molar-refractivity contribution < 1.29 is 18.3 Å². The highest BCUT2D eigenvalue weighted by atomic mass is 79.9. The summed E-state index contributed by atoms with van der Waals surface area (Å²) in [5.74, 6) is 5.25. The number of fused-ring (bicyclic) bond motifs is 3. The fourth-order valence-electron chi connectivity index (χ4n) is 10.4. The first-order valence-electron chi connectivity index (χ1n) is 28.1. The number of aromatic nitrogens is 12. The van der Waals surface area contributed by atoms with E-state index in [1.54, 1.807) is 0 Å². The zero-order valence-corrected chi connectivity index (χ0v) is 51.0. The van der Waals surface area contributed by atoms with Gasteiger partial charge in [-0.05, 0) is 133 Å². The number of halogens is 1. The number of pyridine rings is 3. The Bertz CT molecular complexity index is 4210. The fourth-order valence-corrected chi connectivity index (χ4v) is 10.6. The van der Waals surface area contributed by atoms with E-state index in [4.69, 9.17) is 18.3 Å². The summed E-state index contributed by atoms with van der Waals surface area (Å²) >= 11 is 3.48. The molecule has 9 aromatic heterocycles. The van der Waals surface area contributed by atoms with E-state index >= 15 is 0 Å². The minimum atomic E-state index is 0. The van der Waals surface area contributed by atoms with Gasteiger partial charge in [0.15, 0.2) is 16.9 Å². The average Bonchev–Trinajstić information content (AvgIpc) is 2.16. The molecule has 3 aromatic carbocycles. The number of ether oxygens (including phenoxy) is 1. The highest BCUT2D eigenvalue weighted by Gasteiger charge is 2.23. The molecular weight excluding hydrogens is 1130 g/mol. The molecule has 0 radical (unpaired) electrons. The van der Waals surface area contributed by atoms with Gasteiger partial charge in [-0.1, -0.05) is 119 Å². The van der Waals surface area contributed by atoms with Crippen LogP contribution in [0.25, 0.3) is 66.9 Å². The monoisotopic (exact) mass is 1200 g/mol. The molecule has 16 nitrogen and oxygen atoms in total.